The second-order valence-electron chi connectivity index (χ2n) is 6.97. The third-order valence-corrected chi connectivity index (χ3v) is 3.46. The number of carbonyl (C=O) groups is 2. The molecule has 0 unspecified atom stereocenters. The lowest BCUT2D eigenvalue weighted by Gasteiger charge is -2.20. The molecule has 0 saturated carbocycles. The lowest BCUT2D eigenvalue weighted by molar-refractivity contribution is -0.115. The molecule has 0 spiro atoms. The molecule has 0 fully saturated rings. The van der Waals surface area contributed by atoms with Gasteiger partial charge in [0.25, 0.3) is 5.91 Å². The highest BCUT2D eigenvalue weighted by molar-refractivity contribution is 5.98. The number of hydrogen-bond acceptors (Lipinski definition) is 4. The first-order chi connectivity index (χ1) is 12.2. The molecule has 0 heterocycles. The molecule has 2 rings (SSSR count). The van der Waals surface area contributed by atoms with Crippen molar-refractivity contribution in [3.05, 3.63) is 59.2 Å². The van der Waals surface area contributed by atoms with E-state index in [-0.39, 0.29) is 29.5 Å². The lowest BCUT2D eigenvalue weighted by Crippen LogP contribution is -2.40. The van der Waals surface area contributed by atoms with Gasteiger partial charge in [0.1, 0.15) is 5.75 Å². The zero-order chi connectivity index (χ0) is 19.3. The van der Waals surface area contributed by atoms with Gasteiger partial charge in [0.2, 0.25) is 5.91 Å². The number of hydrogen-bond donors (Lipinski definition) is 3. The Kier molecular flexibility index (Phi) is 5.63. The SMILES string of the molecule is CC(C)(C)NC(=O)c1cccc(NC(=O)Cc2cc(C#N)ccc2O)c1. The fourth-order valence-corrected chi connectivity index (χ4v) is 2.33. The molecule has 2 amide bonds. The number of phenolic OH excluding ortho intramolecular Hbond substituents is 1. The van der Waals surface area contributed by atoms with E-state index in [9.17, 15) is 14.7 Å². The molecule has 3 N–H and O–H groups in total. The van der Waals surface area contributed by atoms with E-state index >= 15 is 0 Å². The molecular weight excluding hydrogens is 330 g/mol. The van der Waals surface area contributed by atoms with E-state index in [0.717, 1.165) is 0 Å². The van der Waals surface area contributed by atoms with Crippen LogP contribution in [0.5, 0.6) is 5.75 Å². The van der Waals surface area contributed by atoms with Gasteiger partial charge in [-0.25, -0.2) is 0 Å². The fraction of sp³-hybridized carbons (Fsp3) is 0.250. The van der Waals surface area contributed by atoms with Gasteiger partial charge >= 0.3 is 0 Å². The molecule has 0 aliphatic heterocycles. The van der Waals surface area contributed by atoms with Crippen LogP contribution >= 0.6 is 0 Å². The summed E-state index contributed by atoms with van der Waals surface area (Å²) in [6, 6.07) is 12.9. The molecule has 0 saturated heterocycles. The minimum atomic E-state index is -0.361. The molecule has 0 radical (unpaired) electrons. The first kappa shape index (κ1) is 19.0. The summed E-state index contributed by atoms with van der Waals surface area (Å²) in [5, 5.41) is 24.3. The standard InChI is InChI=1S/C20H21N3O3/c1-20(2,3)23-19(26)14-5-4-6-16(10-14)22-18(25)11-15-9-13(12-21)7-8-17(15)24/h4-10,24H,11H2,1-3H3,(H,22,25)(H,23,26). The molecule has 6 nitrogen and oxygen atoms in total. The molecule has 2 aromatic rings. The summed E-state index contributed by atoms with van der Waals surface area (Å²) in [6.07, 6.45) is -0.0836. The molecule has 26 heavy (non-hydrogen) atoms. The number of nitrogens with one attached hydrogen (secondary N) is 2. The fourth-order valence-electron chi connectivity index (χ4n) is 2.33. The topological polar surface area (TPSA) is 102 Å². The Morgan fingerprint density at radius 3 is 2.54 bits per heavy atom. The van der Waals surface area contributed by atoms with Crippen molar-refractivity contribution < 1.29 is 14.7 Å². The Balaban J connectivity index is 2.09. The molecule has 0 aliphatic rings. The number of carbonyl (C=O) groups excluding carboxylic acids is 2. The van der Waals surface area contributed by atoms with Crippen molar-refractivity contribution in [1.29, 1.82) is 5.26 Å². The van der Waals surface area contributed by atoms with Crippen LogP contribution in [0.3, 0.4) is 0 Å². The van der Waals surface area contributed by atoms with Gasteiger partial charge in [-0.15, -0.1) is 0 Å². The summed E-state index contributed by atoms with van der Waals surface area (Å²) in [5.41, 5.74) is 1.29. The van der Waals surface area contributed by atoms with E-state index < -0.39 is 0 Å². The van der Waals surface area contributed by atoms with E-state index in [1.54, 1.807) is 24.3 Å². The Labute approximate surface area is 152 Å². The number of phenols is 1. The molecule has 0 bridgehead atoms. The molecule has 134 valence electrons. The molecule has 2 aromatic carbocycles. The summed E-state index contributed by atoms with van der Waals surface area (Å²) in [5.74, 6) is -0.630. The second-order valence-corrected chi connectivity index (χ2v) is 6.97. The van der Waals surface area contributed by atoms with E-state index in [2.05, 4.69) is 10.6 Å². The normalized spacial score (nSPS) is 10.7. The maximum Gasteiger partial charge on any atom is 0.251 e. The predicted molar refractivity (Wildman–Crippen MR) is 98.8 cm³/mol. The molecular formula is C20H21N3O3. The van der Waals surface area contributed by atoms with Crippen LogP contribution in [0.1, 0.15) is 42.3 Å². The van der Waals surface area contributed by atoms with Crippen LogP contribution in [0.2, 0.25) is 0 Å². The van der Waals surface area contributed by atoms with E-state index in [4.69, 9.17) is 5.26 Å². The minimum absolute atomic E-state index is 0.0440. The summed E-state index contributed by atoms with van der Waals surface area (Å²) >= 11 is 0. The Morgan fingerprint density at radius 1 is 1.15 bits per heavy atom. The molecule has 0 aliphatic carbocycles. The summed E-state index contributed by atoms with van der Waals surface area (Å²) in [7, 11) is 0. The third kappa shape index (κ3) is 5.35. The number of amides is 2. The van der Waals surface area contributed by atoms with Crippen LogP contribution in [0.25, 0.3) is 0 Å². The molecule has 0 atom stereocenters. The van der Waals surface area contributed by atoms with E-state index in [1.165, 1.54) is 18.2 Å². The zero-order valence-electron chi connectivity index (χ0n) is 15.0. The summed E-state index contributed by atoms with van der Waals surface area (Å²) in [6.45, 7) is 5.66. The summed E-state index contributed by atoms with van der Waals surface area (Å²) < 4.78 is 0. The Hall–Kier alpha value is -3.33. The Morgan fingerprint density at radius 2 is 1.88 bits per heavy atom. The first-order valence-electron chi connectivity index (χ1n) is 8.12. The first-order valence-corrected chi connectivity index (χ1v) is 8.12. The van der Waals surface area contributed by atoms with Crippen LogP contribution in [0.4, 0.5) is 5.69 Å². The number of nitrogens with zero attached hydrogens (tertiary/aromatic N) is 1. The average Bonchev–Trinajstić information content (AvgIpc) is 2.55. The highest BCUT2D eigenvalue weighted by Crippen LogP contribution is 2.20. The van der Waals surface area contributed by atoms with Crippen molar-refractivity contribution in [2.24, 2.45) is 0 Å². The molecule has 0 aromatic heterocycles. The molecule has 6 heteroatoms. The second kappa shape index (κ2) is 7.70. The van der Waals surface area contributed by atoms with Gasteiger partial charge in [-0.1, -0.05) is 6.07 Å². The number of nitriles is 1. The van der Waals surface area contributed by atoms with Crippen molar-refractivity contribution in [2.45, 2.75) is 32.7 Å². The highest BCUT2D eigenvalue weighted by Gasteiger charge is 2.16. The lowest BCUT2D eigenvalue weighted by atomic mass is 10.1. The van der Waals surface area contributed by atoms with Gasteiger partial charge in [-0.3, -0.25) is 9.59 Å². The van der Waals surface area contributed by atoms with Crippen LogP contribution in [-0.2, 0) is 11.2 Å². The van der Waals surface area contributed by atoms with Gasteiger partial charge in [0.05, 0.1) is 18.1 Å². The van der Waals surface area contributed by atoms with Crippen molar-refractivity contribution >= 4 is 17.5 Å². The number of rotatable bonds is 4. The van der Waals surface area contributed by atoms with Crippen molar-refractivity contribution in [2.75, 3.05) is 5.32 Å². The monoisotopic (exact) mass is 351 g/mol. The van der Waals surface area contributed by atoms with E-state index in [0.29, 0.717) is 22.4 Å². The summed E-state index contributed by atoms with van der Waals surface area (Å²) in [4.78, 5) is 24.5. The number of benzene rings is 2. The predicted octanol–water partition coefficient (Wildman–Crippen LogP) is 2.97. The van der Waals surface area contributed by atoms with Crippen molar-refractivity contribution in [3.63, 3.8) is 0 Å². The smallest absolute Gasteiger partial charge is 0.251 e. The van der Waals surface area contributed by atoms with E-state index in [1.807, 2.05) is 26.8 Å². The van der Waals surface area contributed by atoms with Crippen molar-refractivity contribution in [3.8, 4) is 11.8 Å². The number of anilines is 1. The number of aromatic hydroxyl groups is 1. The van der Waals surface area contributed by atoms with Crippen LogP contribution < -0.4 is 10.6 Å². The van der Waals surface area contributed by atoms with Gasteiger partial charge in [0.15, 0.2) is 0 Å². The van der Waals surface area contributed by atoms with Gasteiger partial charge in [0, 0.05) is 22.4 Å². The van der Waals surface area contributed by atoms with Crippen LogP contribution in [-0.4, -0.2) is 22.5 Å². The van der Waals surface area contributed by atoms with Crippen LogP contribution in [0, 0.1) is 11.3 Å². The average molecular weight is 351 g/mol. The zero-order valence-corrected chi connectivity index (χ0v) is 15.0. The quantitative estimate of drug-likeness (QED) is 0.788. The van der Waals surface area contributed by atoms with Gasteiger partial charge in [-0.05, 0) is 57.2 Å². The van der Waals surface area contributed by atoms with Gasteiger partial charge in [-0.2, -0.15) is 5.26 Å². The highest BCUT2D eigenvalue weighted by atomic mass is 16.3. The Bertz CT molecular complexity index is 877. The minimum Gasteiger partial charge on any atom is -0.508 e. The van der Waals surface area contributed by atoms with Crippen molar-refractivity contribution in [1.82, 2.24) is 5.32 Å². The largest absolute Gasteiger partial charge is 0.508 e. The maximum atomic E-state index is 12.2. The third-order valence-electron chi connectivity index (χ3n) is 3.46. The van der Waals surface area contributed by atoms with Crippen LogP contribution in [0.15, 0.2) is 42.5 Å². The maximum absolute atomic E-state index is 12.2. The van der Waals surface area contributed by atoms with Gasteiger partial charge < -0.3 is 15.7 Å².